The number of nitrogen functional groups attached to an aromatic ring is 1. The van der Waals surface area contributed by atoms with Crippen molar-refractivity contribution in [3.63, 3.8) is 0 Å². The highest BCUT2D eigenvalue weighted by molar-refractivity contribution is 7.19. The van der Waals surface area contributed by atoms with Gasteiger partial charge in [-0.3, -0.25) is 4.57 Å². The van der Waals surface area contributed by atoms with Gasteiger partial charge in [0.25, 0.3) is 0 Å². The first kappa shape index (κ1) is 11.7. The zero-order valence-corrected chi connectivity index (χ0v) is 11.6. The van der Waals surface area contributed by atoms with Crippen LogP contribution in [0, 0.1) is 0 Å². The molecule has 2 N–H and O–H groups in total. The van der Waals surface area contributed by atoms with Crippen LogP contribution in [0.5, 0.6) is 0 Å². The van der Waals surface area contributed by atoms with E-state index in [-0.39, 0.29) is 5.69 Å². The van der Waals surface area contributed by atoms with Gasteiger partial charge in [0.2, 0.25) is 0 Å². The predicted octanol–water partition coefficient (Wildman–Crippen LogP) is 2.17. The third kappa shape index (κ3) is 1.61. The van der Waals surface area contributed by atoms with E-state index >= 15 is 0 Å². The van der Waals surface area contributed by atoms with Crippen LogP contribution in [0.3, 0.4) is 0 Å². The van der Waals surface area contributed by atoms with Gasteiger partial charge >= 0.3 is 5.69 Å². The molecule has 0 aliphatic heterocycles. The molecule has 0 saturated carbocycles. The zero-order valence-electron chi connectivity index (χ0n) is 10.8. The summed E-state index contributed by atoms with van der Waals surface area (Å²) in [5.41, 5.74) is 7.21. The van der Waals surface area contributed by atoms with Gasteiger partial charge in [0.05, 0.1) is 18.2 Å². The highest BCUT2D eigenvalue weighted by Gasteiger charge is 2.22. The van der Waals surface area contributed by atoms with Crippen LogP contribution >= 0.6 is 11.3 Å². The molecule has 0 unspecified atom stereocenters. The SMILES string of the molecule is Nc1c2c3c(sc2nc(=O)n1Cc1ccco1)CCC3. The van der Waals surface area contributed by atoms with E-state index in [4.69, 9.17) is 10.2 Å². The summed E-state index contributed by atoms with van der Waals surface area (Å²) >= 11 is 1.60. The molecule has 1 aliphatic rings. The molecule has 0 radical (unpaired) electrons. The molecule has 3 aromatic rings. The number of anilines is 1. The molecule has 0 spiro atoms. The minimum atomic E-state index is -0.314. The molecule has 0 saturated heterocycles. The molecule has 4 rings (SSSR count). The van der Waals surface area contributed by atoms with Crippen LogP contribution in [0.25, 0.3) is 10.2 Å². The van der Waals surface area contributed by atoms with E-state index in [9.17, 15) is 4.79 Å². The molecule has 3 aromatic heterocycles. The summed E-state index contributed by atoms with van der Waals surface area (Å²) in [5, 5.41) is 0.966. The van der Waals surface area contributed by atoms with E-state index in [0.29, 0.717) is 18.1 Å². The highest BCUT2D eigenvalue weighted by Crippen LogP contribution is 2.38. The van der Waals surface area contributed by atoms with Gasteiger partial charge in [-0.05, 0) is 37.0 Å². The summed E-state index contributed by atoms with van der Waals surface area (Å²) in [5.74, 6) is 1.21. The van der Waals surface area contributed by atoms with Crippen molar-refractivity contribution in [2.24, 2.45) is 0 Å². The maximum Gasteiger partial charge on any atom is 0.350 e. The Labute approximate surface area is 118 Å². The molecular formula is C14H13N3O2S. The predicted molar refractivity (Wildman–Crippen MR) is 78.1 cm³/mol. The second kappa shape index (κ2) is 4.21. The number of hydrogen-bond acceptors (Lipinski definition) is 5. The van der Waals surface area contributed by atoms with E-state index < -0.39 is 0 Å². The van der Waals surface area contributed by atoms with Crippen molar-refractivity contribution < 1.29 is 4.42 Å². The zero-order chi connectivity index (χ0) is 13.7. The summed E-state index contributed by atoms with van der Waals surface area (Å²) in [7, 11) is 0. The van der Waals surface area contributed by atoms with Crippen molar-refractivity contribution in [3.8, 4) is 0 Å². The van der Waals surface area contributed by atoms with Gasteiger partial charge in [0.1, 0.15) is 16.4 Å². The minimum absolute atomic E-state index is 0.314. The highest BCUT2D eigenvalue weighted by atomic mass is 32.1. The fourth-order valence-corrected chi connectivity index (χ4v) is 4.09. The lowest BCUT2D eigenvalue weighted by Gasteiger charge is -2.09. The van der Waals surface area contributed by atoms with Crippen LogP contribution in [-0.4, -0.2) is 9.55 Å². The second-order valence-corrected chi connectivity index (χ2v) is 6.07. The molecule has 20 heavy (non-hydrogen) atoms. The van der Waals surface area contributed by atoms with Gasteiger partial charge in [-0.2, -0.15) is 4.98 Å². The molecule has 3 heterocycles. The number of nitrogens with two attached hydrogens (primary N) is 1. The Hall–Kier alpha value is -2.08. The fraction of sp³-hybridized carbons (Fsp3) is 0.286. The molecule has 5 nitrogen and oxygen atoms in total. The van der Waals surface area contributed by atoms with Crippen LogP contribution in [0.4, 0.5) is 5.82 Å². The summed E-state index contributed by atoms with van der Waals surface area (Å²) in [6, 6.07) is 3.62. The average Bonchev–Trinajstić information content (AvgIpc) is 3.09. The second-order valence-electron chi connectivity index (χ2n) is 4.98. The molecular weight excluding hydrogens is 274 g/mol. The summed E-state index contributed by atoms with van der Waals surface area (Å²) in [6.45, 7) is 0.325. The van der Waals surface area contributed by atoms with Gasteiger partial charge < -0.3 is 10.2 Å². The maximum atomic E-state index is 12.1. The Morgan fingerprint density at radius 2 is 2.35 bits per heavy atom. The molecule has 0 fully saturated rings. The average molecular weight is 287 g/mol. The third-order valence-corrected chi connectivity index (χ3v) is 4.96. The van der Waals surface area contributed by atoms with Gasteiger partial charge in [0.15, 0.2) is 0 Å². The van der Waals surface area contributed by atoms with E-state index in [0.717, 1.165) is 29.5 Å². The minimum Gasteiger partial charge on any atom is -0.467 e. The largest absolute Gasteiger partial charge is 0.467 e. The Morgan fingerprint density at radius 3 is 3.15 bits per heavy atom. The molecule has 0 atom stereocenters. The van der Waals surface area contributed by atoms with Crippen LogP contribution < -0.4 is 11.4 Å². The molecule has 1 aliphatic carbocycles. The van der Waals surface area contributed by atoms with Crippen LogP contribution in [0.2, 0.25) is 0 Å². The summed E-state index contributed by atoms with van der Waals surface area (Å²) in [6.07, 6.45) is 4.85. The third-order valence-electron chi connectivity index (χ3n) is 3.77. The molecule has 0 amide bonds. The van der Waals surface area contributed by atoms with Crippen molar-refractivity contribution in [2.45, 2.75) is 25.8 Å². The van der Waals surface area contributed by atoms with E-state index in [1.165, 1.54) is 15.0 Å². The number of aryl methyl sites for hydroxylation is 2. The normalized spacial score (nSPS) is 14.0. The maximum absolute atomic E-state index is 12.1. The Balaban J connectivity index is 1.94. The van der Waals surface area contributed by atoms with Crippen molar-refractivity contribution >= 4 is 27.4 Å². The Morgan fingerprint density at radius 1 is 1.45 bits per heavy atom. The number of nitrogens with zero attached hydrogens (tertiary/aromatic N) is 2. The summed E-state index contributed by atoms with van der Waals surface area (Å²) < 4.78 is 6.79. The number of rotatable bonds is 2. The lowest BCUT2D eigenvalue weighted by Crippen LogP contribution is -2.25. The lowest BCUT2D eigenvalue weighted by molar-refractivity contribution is 0.490. The Kier molecular flexibility index (Phi) is 2.47. The number of fused-ring (bicyclic) bond motifs is 3. The number of aromatic nitrogens is 2. The number of thiophene rings is 1. The first-order chi connectivity index (χ1) is 9.74. The van der Waals surface area contributed by atoms with Crippen molar-refractivity contribution in [1.29, 1.82) is 0 Å². The van der Waals surface area contributed by atoms with Gasteiger partial charge in [-0.25, -0.2) is 4.79 Å². The van der Waals surface area contributed by atoms with E-state index in [1.807, 2.05) is 6.07 Å². The summed E-state index contributed by atoms with van der Waals surface area (Å²) in [4.78, 5) is 18.4. The molecule has 102 valence electrons. The van der Waals surface area contributed by atoms with Crippen LogP contribution in [0.15, 0.2) is 27.6 Å². The standard InChI is InChI=1S/C14H13N3O2S/c15-12-11-9-4-1-5-10(9)20-13(11)16-14(18)17(12)7-8-3-2-6-19-8/h2-3,6H,1,4-5,7,15H2. The fourth-order valence-electron chi connectivity index (χ4n) is 2.83. The molecule has 6 heteroatoms. The lowest BCUT2D eigenvalue weighted by atomic mass is 10.2. The smallest absolute Gasteiger partial charge is 0.350 e. The Bertz CT molecular complexity index is 846. The molecule has 0 aromatic carbocycles. The van der Waals surface area contributed by atoms with Crippen molar-refractivity contribution in [3.05, 3.63) is 45.1 Å². The monoisotopic (exact) mass is 287 g/mol. The van der Waals surface area contributed by atoms with Gasteiger partial charge in [-0.1, -0.05) is 0 Å². The first-order valence-electron chi connectivity index (χ1n) is 6.57. The van der Waals surface area contributed by atoms with Crippen molar-refractivity contribution in [1.82, 2.24) is 9.55 Å². The van der Waals surface area contributed by atoms with Crippen LogP contribution in [0.1, 0.15) is 22.6 Å². The quantitative estimate of drug-likeness (QED) is 0.784. The molecule has 0 bridgehead atoms. The first-order valence-corrected chi connectivity index (χ1v) is 7.38. The van der Waals surface area contributed by atoms with Gasteiger partial charge in [0, 0.05) is 4.88 Å². The van der Waals surface area contributed by atoms with Crippen molar-refractivity contribution in [2.75, 3.05) is 5.73 Å². The van der Waals surface area contributed by atoms with E-state index in [2.05, 4.69) is 4.98 Å². The van der Waals surface area contributed by atoms with E-state index in [1.54, 1.807) is 23.7 Å². The number of furan rings is 1. The topological polar surface area (TPSA) is 74.0 Å². The van der Waals surface area contributed by atoms with Crippen LogP contribution in [-0.2, 0) is 19.4 Å². The van der Waals surface area contributed by atoms with Gasteiger partial charge in [-0.15, -0.1) is 11.3 Å². The number of hydrogen-bond donors (Lipinski definition) is 1.